The Balaban J connectivity index is 2.04. The van der Waals surface area contributed by atoms with Gasteiger partial charge in [-0.15, -0.1) is 11.8 Å². The summed E-state index contributed by atoms with van der Waals surface area (Å²) in [6.45, 7) is 8.25. The van der Waals surface area contributed by atoms with Gasteiger partial charge < -0.3 is 15.0 Å². The van der Waals surface area contributed by atoms with Crippen molar-refractivity contribution in [3.63, 3.8) is 0 Å². The minimum Gasteiger partial charge on any atom is -0.497 e. The van der Waals surface area contributed by atoms with Crippen LogP contribution in [0, 0.1) is 6.92 Å². The SMILES string of the molecule is CC[C@@H](C)NC(=O)[C@@H](C)N(Cc1ccc(C)cc1)C(=O)CSCc1ccc(OC)cc1. The number of carbonyl (C=O) groups excluding carboxylic acids is 2. The summed E-state index contributed by atoms with van der Waals surface area (Å²) in [5, 5.41) is 3.00. The molecule has 0 spiro atoms. The third-order valence-corrected chi connectivity index (χ3v) is 6.28. The van der Waals surface area contributed by atoms with Crippen LogP contribution in [0.3, 0.4) is 0 Å². The summed E-state index contributed by atoms with van der Waals surface area (Å²) in [5.74, 6) is 1.71. The van der Waals surface area contributed by atoms with Crippen LogP contribution in [0.5, 0.6) is 5.75 Å². The molecule has 2 amide bonds. The summed E-state index contributed by atoms with van der Waals surface area (Å²) in [4.78, 5) is 27.5. The minimum atomic E-state index is -0.538. The summed E-state index contributed by atoms with van der Waals surface area (Å²) in [6, 6.07) is 15.5. The van der Waals surface area contributed by atoms with Crippen LogP contribution < -0.4 is 10.1 Å². The van der Waals surface area contributed by atoms with Crippen LogP contribution in [0.4, 0.5) is 0 Å². The summed E-state index contributed by atoms with van der Waals surface area (Å²) >= 11 is 1.55. The van der Waals surface area contributed by atoms with Gasteiger partial charge in [-0.2, -0.15) is 0 Å². The highest BCUT2D eigenvalue weighted by Gasteiger charge is 2.26. The molecule has 31 heavy (non-hydrogen) atoms. The summed E-state index contributed by atoms with van der Waals surface area (Å²) in [6.07, 6.45) is 0.849. The first-order valence-corrected chi connectivity index (χ1v) is 11.9. The molecule has 0 saturated heterocycles. The van der Waals surface area contributed by atoms with Gasteiger partial charge in [0.05, 0.1) is 12.9 Å². The van der Waals surface area contributed by atoms with Gasteiger partial charge in [-0.3, -0.25) is 9.59 Å². The first-order valence-electron chi connectivity index (χ1n) is 10.7. The van der Waals surface area contributed by atoms with Crippen LogP contribution in [-0.4, -0.2) is 41.7 Å². The van der Waals surface area contributed by atoms with Crippen LogP contribution in [0.25, 0.3) is 0 Å². The molecule has 0 bridgehead atoms. The maximum absolute atomic E-state index is 13.1. The van der Waals surface area contributed by atoms with Crippen molar-refractivity contribution in [3.05, 3.63) is 65.2 Å². The zero-order chi connectivity index (χ0) is 22.8. The Kier molecular flexibility index (Phi) is 9.92. The Morgan fingerprint density at radius 2 is 1.65 bits per heavy atom. The van der Waals surface area contributed by atoms with E-state index in [0.717, 1.165) is 29.1 Å². The van der Waals surface area contributed by atoms with E-state index in [1.807, 2.05) is 69.3 Å². The second-order valence-electron chi connectivity index (χ2n) is 7.84. The van der Waals surface area contributed by atoms with E-state index in [9.17, 15) is 9.59 Å². The molecule has 2 rings (SSSR count). The van der Waals surface area contributed by atoms with E-state index in [2.05, 4.69) is 5.32 Å². The van der Waals surface area contributed by atoms with Gasteiger partial charge >= 0.3 is 0 Å². The van der Waals surface area contributed by atoms with Gasteiger partial charge in [0.1, 0.15) is 11.8 Å². The van der Waals surface area contributed by atoms with Crippen molar-refractivity contribution in [1.29, 1.82) is 0 Å². The lowest BCUT2D eigenvalue weighted by Gasteiger charge is -2.29. The summed E-state index contributed by atoms with van der Waals surface area (Å²) < 4.78 is 5.19. The fourth-order valence-electron chi connectivity index (χ4n) is 3.00. The zero-order valence-electron chi connectivity index (χ0n) is 19.2. The number of rotatable bonds is 11. The molecule has 0 heterocycles. The highest BCUT2D eigenvalue weighted by molar-refractivity contribution is 7.99. The van der Waals surface area contributed by atoms with Crippen LogP contribution >= 0.6 is 11.8 Å². The van der Waals surface area contributed by atoms with Crippen LogP contribution in [0.1, 0.15) is 43.9 Å². The molecule has 0 radical (unpaired) electrons. The van der Waals surface area contributed by atoms with Crippen molar-refractivity contribution in [3.8, 4) is 5.75 Å². The van der Waals surface area contributed by atoms with E-state index in [0.29, 0.717) is 12.3 Å². The molecule has 6 heteroatoms. The first-order chi connectivity index (χ1) is 14.8. The maximum atomic E-state index is 13.1. The Labute approximate surface area is 190 Å². The molecule has 2 aromatic carbocycles. The van der Waals surface area contributed by atoms with Gasteiger partial charge in [0, 0.05) is 18.3 Å². The molecule has 1 N–H and O–H groups in total. The number of hydrogen-bond acceptors (Lipinski definition) is 4. The van der Waals surface area contributed by atoms with Crippen molar-refractivity contribution in [1.82, 2.24) is 10.2 Å². The van der Waals surface area contributed by atoms with E-state index in [4.69, 9.17) is 4.74 Å². The number of benzene rings is 2. The number of thioether (sulfide) groups is 1. The van der Waals surface area contributed by atoms with Crippen molar-refractivity contribution < 1.29 is 14.3 Å². The first kappa shape index (κ1) is 24.8. The molecule has 168 valence electrons. The molecule has 0 aliphatic rings. The molecule has 0 aromatic heterocycles. The number of aryl methyl sites for hydroxylation is 1. The van der Waals surface area contributed by atoms with E-state index in [1.165, 1.54) is 5.56 Å². The third kappa shape index (κ3) is 7.94. The topological polar surface area (TPSA) is 58.6 Å². The number of carbonyl (C=O) groups is 2. The number of nitrogens with zero attached hydrogens (tertiary/aromatic N) is 1. The Morgan fingerprint density at radius 1 is 1.03 bits per heavy atom. The monoisotopic (exact) mass is 442 g/mol. The largest absolute Gasteiger partial charge is 0.497 e. The van der Waals surface area contributed by atoms with Crippen molar-refractivity contribution in [2.45, 2.75) is 58.5 Å². The van der Waals surface area contributed by atoms with Gasteiger partial charge in [-0.25, -0.2) is 0 Å². The lowest BCUT2D eigenvalue weighted by Crippen LogP contribution is -2.50. The van der Waals surface area contributed by atoms with E-state index in [-0.39, 0.29) is 17.9 Å². The van der Waals surface area contributed by atoms with Crippen molar-refractivity contribution >= 4 is 23.6 Å². The smallest absolute Gasteiger partial charge is 0.242 e. The Hall–Kier alpha value is -2.47. The molecule has 0 fully saturated rings. The maximum Gasteiger partial charge on any atom is 0.242 e. The van der Waals surface area contributed by atoms with Crippen LogP contribution in [0.15, 0.2) is 48.5 Å². The molecule has 0 aliphatic carbocycles. The number of amides is 2. The predicted octanol–water partition coefficient (Wildman–Crippen LogP) is 4.57. The molecule has 2 atom stereocenters. The van der Waals surface area contributed by atoms with Crippen molar-refractivity contribution in [2.75, 3.05) is 12.9 Å². The second kappa shape index (κ2) is 12.4. The third-order valence-electron chi connectivity index (χ3n) is 5.30. The van der Waals surface area contributed by atoms with Crippen LogP contribution in [-0.2, 0) is 21.9 Å². The fourth-order valence-corrected chi connectivity index (χ4v) is 3.87. The van der Waals surface area contributed by atoms with Gasteiger partial charge in [-0.1, -0.05) is 48.9 Å². The number of hydrogen-bond donors (Lipinski definition) is 1. The summed E-state index contributed by atoms with van der Waals surface area (Å²) in [5.41, 5.74) is 3.31. The quantitative estimate of drug-likeness (QED) is 0.554. The minimum absolute atomic E-state index is 0.0362. The van der Waals surface area contributed by atoms with E-state index in [1.54, 1.807) is 30.7 Å². The van der Waals surface area contributed by atoms with Crippen molar-refractivity contribution in [2.24, 2.45) is 0 Å². The average molecular weight is 443 g/mol. The molecule has 0 unspecified atom stereocenters. The fraction of sp³-hybridized carbons (Fsp3) is 0.440. The standard InChI is InChI=1S/C25H34N2O3S/c1-6-19(3)26-25(29)20(4)27(15-21-9-7-18(2)8-10-21)24(28)17-31-16-22-11-13-23(30-5)14-12-22/h7-14,19-20H,6,15-17H2,1-5H3,(H,26,29)/t19-,20-/m1/s1. The lowest BCUT2D eigenvalue weighted by molar-refractivity contribution is -0.138. The molecular weight excluding hydrogens is 408 g/mol. The number of methoxy groups -OCH3 is 1. The Morgan fingerprint density at radius 3 is 2.23 bits per heavy atom. The average Bonchev–Trinajstić information content (AvgIpc) is 2.78. The highest BCUT2D eigenvalue weighted by atomic mass is 32.2. The molecule has 2 aromatic rings. The lowest BCUT2D eigenvalue weighted by atomic mass is 10.1. The van der Waals surface area contributed by atoms with Crippen LogP contribution in [0.2, 0.25) is 0 Å². The van der Waals surface area contributed by atoms with E-state index >= 15 is 0 Å². The Bertz CT molecular complexity index is 837. The van der Waals surface area contributed by atoms with Gasteiger partial charge in [0.2, 0.25) is 11.8 Å². The number of ether oxygens (including phenoxy) is 1. The zero-order valence-corrected chi connectivity index (χ0v) is 20.0. The summed E-state index contributed by atoms with van der Waals surface area (Å²) in [7, 11) is 1.64. The second-order valence-corrected chi connectivity index (χ2v) is 8.83. The van der Waals surface area contributed by atoms with Gasteiger partial charge in [0.25, 0.3) is 0 Å². The van der Waals surface area contributed by atoms with Gasteiger partial charge in [-0.05, 0) is 50.5 Å². The van der Waals surface area contributed by atoms with E-state index < -0.39 is 6.04 Å². The predicted molar refractivity (Wildman–Crippen MR) is 128 cm³/mol. The highest BCUT2D eigenvalue weighted by Crippen LogP contribution is 2.18. The normalized spacial score (nSPS) is 12.7. The van der Waals surface area contributed by atoms with Gasteiger partial charge in [0.15, 0.2) is 0 Å². The molecule has 0 aliphatic heterocycles. The molecule has 0 saturated carbocycles. The molecular formula is C25H34N2O3S. The molecule has 5 nitrogen and oxygen atoms in total. The number of nitrogens with one attached hydrogen (secondary N) is 1.